The highest BCUT2D eigenvalue weighted by Crippen LogP contribution is 2.56. The summed E-state index contributed by atoms with van der Waals surface area (Å²) in [6.07, 6.45) is 16.2. The Morgan fingerprint density at radius 1 is 0.292 bits per heavy atom. The van der Waals surface area contributed by atoms with Crippen LogP contribution in [-0.2, 0) is 5.41 Å². The van der Waals surface area contributed by atoms with Gasteiger partial charge in [0, 0.05) is 5.41 Å². The quantitative estimate of drug-likeness (QED) is 0.0370. The molecule has 0 unspecified atom stereocenters. The van der Waals surface area contributed by atoms with E-state index in [0.29, 0.717) is 45.6 Å². The van der Waals surface area contributed by atoms with Crippen molar-refractivity contribution in [1.29, 1.82) is 0 Å². The molecule has 0 radical (unpaired) electrons. The molecular weight excluding hydrogens is 1110 g/mol. The first-order valence-electron chi connectivity index (χ1n) is 30.7. The molecule has 0 saturated carbocycles. The van der Waals surface area contributed by atoms with E-state index in [9.17, 15) is 39.6 Å². The number of rotatable bonds is 26. The van der Waals surface area contributed by atoms with Crippen molar-refractivity contribution < 1.29 is 39.6 Å². The normalized spacial score (nSPS) is 12.1. The summed E-state index contributed by atoms with van der Waals surface area (Å²) in [5.41, 5.74) is 15.1. The second-order valence-corrected chi connectivity index (χ2v) is 22.9. The fraction of sp³-hybridized carbons (Fsp3) is 0.227. The number of aromatic nitrogens is 6. The Labute approximate surface area is 517 Å². The lowest BCUT2D eigenvalue weighted by molar-refractivity contribution is 0.0680. The molecule has 0 atom stereocenters. The zero-order chi connectivity index (χ0) is 62.0. The molecule has 1 aliphatic carbocycles. The lowest BCUT2D eigenvalue weighted by Crippen LogP contribution is -2.25. The van der Waals surface area contributed by atoms with Crippen molar-refractivity contribution in [2.24, 2.45) is 0 Å². The number of nitrogens with zero attached hydrogens (tertiary/aromatic N) is 6. The van der Waals surface area contributed by atoms with Crippen molar-refractivity contribution in [1.82, 2.24) is 29.9 Å². The summed E-state index contributed by atoms with van der Waals surface area (Å²) >= 11 is 0. The second-order valence-electron chi connectivity index (χ2n) is 22.9. The third kappa shape index (κ3) is 13.5. The van der Waals surface area contributed by atoms with Gasteiger partial charge in [0.1, 0.15) is 22.8 Å². The fourth-order valence-corrected chi connectivity index (χ4v) is 12.3. The molecule has 446 valence electrons. The van der Waals surface area contributed by atoms with Gasteiger partial charge in [-0.1, -0.05) is 188 Å². The number of hydrogen-bond acceptors (Lipinski definition) is 10. The summed E-state index contributed by atoms with van der Waals surface area (Å²) in [4.78, 5) is 75.3. The van der Waals surface area contributed by atoms with Gasteiger partial charge in [-0.25, -0.2) is 49.1 Å². The van der Waals surface area contributed by atoms with Crippen LogP contribution >= 0.6 is 0 Å². The van der Waals surface area contributed by atoms with Gasteiger partial charge in [0.15, 0.2) is 0 Å². The smallest absolute Gasteiger partial charge is 0.354 e. The maximum absolute atomic E-state index is 12.0. The van der Waals surface area contributed by atoms with Gasteiger partial charge >= 0.3 is 23.9 Å². The van der Waals surface area contributed by atoms with Crippen LogP contribution in [0.4, 0.5) is 0 Å². The molecule has 14 nitrogen and oxygen atoms in total. The first kappa shape index (κ1) is 60.4. The molecule has 0 spiro atoms. The highest BCUT2D eigenvalue weighted by molar-refractivity contribution is 5.90. The molecule has 4 aromatic carbocycles. The van der Waals surface area contributed by atoms with Crippen molar-refractivity contribution >= 4 is 23.9 Å². The Balaban J connectivity index is 0.965. The van der Waals surface area contributed by atoms with Crippen LogP contribution in [0.5, 0.6) is 0 Å². The number of carboxylic acid groups (broad SMARTS) is 4. The molecule has 4 N–H and O–H groups in total. The van der Waals surface area contributed by atoms with Crippen LogP contribution in [0, 0.1) is 0 Å². The van der Waals surface area contributed by atoms with E-state index >= 15 is 0 Å². The van der Waals surface area contributed by atoms with Crippen molar-refractivity contribution in [3.63, 3.8) is 0 Å². The monoisotopic (exact) mass is 1180 g/mol. The molecule has 6 aromatic heterocycles. The first-order chi connectivity index (χ1) is 43.3. The van der Waals surface area contributed by atoms with Crippen molar-refractivity contribution in [2.75, 3.05) is 0 Å². The minimum Gasteiger partial charge on any atom is -0.477 e. The predicted octanol–water partition coefficient (Wildman–Crippen LogP) is 18.0. The van der Waals surface area contributed by atoms with Gasteiger partial charge in [0.25, 0.3) is 0 Å². The average molecular weight is 1180 g/mol. The second kappa shape index (κ2) is 27.1. The number of benzene rings is 4. The molecule has 0 fully saturated rings. The van der Waals surface area contributed by atoms with Crippen LogP contribution in [-0.4, -0.2) is 74.2 Å². The molecule has 1 aliphatic rings. The molecule has 10 aromatic rings. The summed E-state index contributed by atoms with van der Waals surface area (Å²) in [5.74, 6) is -4.66. The Kier molecular flexibility index (Phi) is 18.4. The number of aromatic carboxylic acids is 4. The summed E-state index contributed by atoms with van der Waals surface area (Å²) in [7, 11) is 0. The average Bonchev–Trinajstić information content (AvgIpc) is 1.85. The third-order valence-corrected chi connectivity index (χ3v) is 17.0. The van der Waals surface area contributed by atoms with Gasteiger partial charge in [-0.15, -0.1) is 0 Å². The minimum absolute atomic E-state index is 0.126. The maximum Gasteiger partial charge on any atom is 0.354 e. The molecule has 0 bridgehead atoms. The highest BCUT2D eigenvalue weighted by Gasteiger charge is 2.43. The number of carbonyl (C=O) groups is 4. The van der Waals surface area contributed by atoms with Gasteiger partial charge in [0.05, 0.1) is 45.6 Å². The Morgan fingerprint density at radius 3 is 0.854 bits per heavy atom. The zero-order valence-corrected chi connectivity index (χ0v) is 49.8. The molecular formula is C75H68N6O8. The molecule has 0 aliphatic heterocycles. The largest absolute Gasteiger partial charge is 0.477 e. The summed E-state index contributed by atoms with van der Waals surface area (Å²) in [6.45, 7) is 4.51. The summed E-state index contributed by atoms with van der Waals surface area (Å²) in [5, 5.41) is 39.2. The summed E-state index contributed by atoms with van der Waals surface area (Å²) < 4.78 is 0. The zero-order valence-electron chi connectivity index (χ0n) is 49.8. The maximum atomic E-state index is 12.0. The Bertz CT molecular complexity index is 3850. The predicted molar refractivity (Wildman–Crippen MR) is 347 cm³/mol. The van der Waals surface area contributed by atoms with E-state index in [4.69, 9.17) is 9.97 Å². The van der Waals surface area contributed by atoms with Crippen LogP contribution in [0.3, 0.4) is 0 Å². The molecule has 0 saturated heterocycles. The van der Waals surface area contributed by atoms with E-state index in [1.54, 1.807) is 48.5 Å². The number of unbranched alkanes of at least 4 members (excludes halogenated alkanes) is 10. The molecule has 89 heavy (non-hydrogen) atoms. The van der Waals surface area contributed by atoms with Crippen molar-refractivity contribution in [3.8, 4) is 101 Å². The fourth-order valence-electron chi connectivity index (χ4n) is 12.3. The number of fused-ring (bicyclic) bond motifs is 3. The van der Waals surface area contributed by atoms with Crippen LogP contribution in [0.1, 0.15) is 157 Å². The topological polar surface area (TPSA) is 227 Å². The molecule has 6 heterocycles. The summed E-state index contributed by atoms with van der Waals surface area (Å²) in [6, 6.07) is 57.2. The third-order valence-electron chi connectivity index (χ3n) is 17.0. The first-order valence-corrected chi connectivity index (χ1v) is 30.7. The van der Waals surface area contributed by atoms with Crippen LogP contribution < -0.4 is 0 Å². The van der Waals surface area contributed by atoms with Gasteiger partial charge in [0.2, 0.25) is 0 Å². The standard InChI is InChI=1S/C75H68N6O8/c1-3-5-7-9-11-13-39-75(40-14-12-10-8-6-4-2)57-41-51(47-27-31-49(32-28-47)53-43-67(59-19-15-23-63(76-59)71(82)83)80-68(44-53)60-20-16-24-64(77-60)72(84)85)35-37-55(57)56-38-36-52(42-58(56)75)48-29-33-50(34-30-48)54-45-69(61-21-17-25-65(78-61)73(86)87)81-70(46-54)62-22-18-26-66(79-62)74(88)89/h15-38,41-46H,3-14,39-40H2,1-2H3,(H,82,83)(H,84,85)(H,86,87)(H,88,89). The van der Waals surface area contributed by atoms with Gasteiger partial charge in [-0.05, 0) is 165 Å². The molecule has 14 heteroatoms. The van der Waals surface area contributed by atoms with Crippen LogP contribution in [0.25, 0.3) is 101 Å². The van der Waals surface area contributed by atoms with Gasteiger partial charge < -0.3 is 20.4 Å². The lowest BCUT2D eigenvalue weighted by atomic mass is 9.70. The Hall–Kier alpha value is -10.3. The number of pyridine rings is 6. The van der Waals surface area contributed by atoms with Crippen molar-refractivity contribution in [2.45, 2.75) is 109 Å². The SMILES string of the molecule is CCCCCCCCC1(CCCCCCCC)c2cc(-c3ccc(-c4cc(-c5cccc(C(=O)O)n5)nc(-c5cccc(C(=O)O)n5)c4)cc3)ccc2-c2ccc(-c3ccc(-c4cc(-c5cccc(C(=O)O)n5)nc(-c5cccc(C(=O)O)n5)c4)cc3)cc21. The van der Waals surface area contributed by atoms with Crippen LogP contribution in [0.15, 0.2) is 182 Å². The van der Waals surface area contributed by atoms with E-state index < -0.39 is 23.9 Å². The molecule has 0 amide bonds. The lowest BCUT2D eigenvalue weighted by Gasteiger charge is -2.33. The van der Waals surface area contributed by atoms with E-state index in [2.05, 4.69) is 119 Å². The van der Waals surface area contributed by atoms with Gasteiger partial charge in [-0.3, -0.25) is 0 Å². The van der Waals surface area contributed by atoms with Crippen LogP contribution in [0.2, 0.25) is 0 Å². The van der Waals surface area contributed by atoms with Gasteiger partial charge in [-0.2, -0.15) is 0 Å². The Morgan fingerprint density at radius 2 is 0.562 bits per heavy atom. The van der Waals surface area contributed by atoms with E-state index in [1.165, 1.54) is 97.9 Å². The highest BCUT2D eigenvalue weighted by atomic mass is 16.4. The number of carboxylic acids is 4. The van der Waals surface area contributed by atoms with Crippen molar-refractivity contribution in [3.05, 3.63) is 216 Å². The van der Waals surface area contributed by atoms with E-state index in [-0.39, 0.29) is 28.2 Å². The number of hydrogen-bond donors (Lipinski definition) is 4. The van der Waals surface area contributed by atoms with E-state index in [1.807, 2.05) is 24.3 Å². The molecule has 11 rings (SSSR count). The van der Waals surface area contributed by atoms with E-state index in [0.717, 1.165) is 83.0 Å². The minimum atomic E-state index is -1.17.